The van der Waals surface area contributed by atoms with Crippen LogP contribution in [-0.2, 0) is 9.84 Å². The van der Waals surface area contributed by atoms with E-state index in [1.807, 2.05) is 0 Å². The van der Waals surface area contributed by atoms with Gasteiger partial charge in [0.25, 0.3) is 0 Å². The van der Waals surface area contributed by atoms with E-state index in [4.69, 9.17) is 0 Å². The van der Waals surface area contributed by atoms with Gasteiger partial charge in [-0.1, -0.05) is 18.2 Å². The van der Waals surface area contributed by atoms with Gasteiger partial charge in [0.1, 0.15) is 0 Å². The number of aryl methyl sites for hydroxylation is 1. The summed E-state index contributed by atoms with van der Waals surface area (Å²) in [5, 5.41) is 3.41. The summed E-state index contributed by atoms with van der Waals surface area (Å²) in [5.74, 6) is 0.652. The van der Waals surface area contributed by atoms with E-state index in [1.165, 1.54) is 11.3 Å². The molecule has 0 spiro atoms. The number of hydrogen-bond acceptors (Lipinski definition) is 4. The Morgan fingerprint density at radius 3 is 2.76 bits per heavy atom. The van der Waals surface area contributed by atoms with Gasteiger partial charge < -0.3 is 10.2 Å². The summed E-state index contributed by atoms with van der Waals surface area (Å²) in [6, 6.07) is 8.51. The zero-order chi connectivity index (χ0) is 15.3. The van der Waals surface area contributed by atoms with E-state index in [0.29, 0.717) is 11.5 Å². The molecule has 1 aliphatic heterocycles. The highest BCUT2D eigenvalue weighted by atomic mass is 32.2. The van der Waals surface area contributed by atoms with E-state index >= 15 is 0 Å². The lowest BCUT2D eigenvalue weighted by Crippen LogP contribution is -2.43. The molecular formula is C16H26N2O2S. The fourth-order valence-electron chi connectivity index (χ4n) is 2.95. The smallest absolute Gasteiger partial charge is 0.151 e. The minimum atomic E-state index is -2.82. The second kappa shape index (κ2) is 7.27. The second-order valence-corrected chi connectivity index (χ2v) is 8.00. The molecule has 0 radical (unpaired) electrons. The van der Waals surface area contributed by atoms with Gasteiger partial charge in [0.05, 0.1) is 11.5 Å². The van der Waals surface area contributed by atoms with Crippen LogP contribution in [0.2, 0.25) is 0 Å². The van der Waals surface area contributed by atoms with Gasteiger partial charge in [-0.05, 0) is 38.3 Å². The highest BCUT2D eigenvalue weighted by Gasteiger charge is 2.24. The largest absolute Gasteiger partial charge is 0.370 e. The third kappa shape index (κ3) is 4.71. The van der Waals surface area contributed by atoms with Crippen LogP contribution in [0.15, 0.2) is 24.3 Å². The second-order valence-electron chi connectivity index (χ2n) is 5.77. The maximum Gasteiger partial charge on any atom is 0.151 e. The van der Waals surface area contributed by atoms with Crippen molar-refractivity contribution in [3.63, 3.8) is 0 Å². The van der Waals surface area contributed by atoms with Gasteiger partial charge in [0.15, 0.2) is 9.84 Å². The van der Waals surface area contributed by atoms with Crippen LogP contribution in [0.4, 0.5) is 5.69 Å². The first-order valence-corrected chi connectivity index (χ1v) is 9.58. The maximum absolute atomic E-state index is 11.6. The van der Waals surface area contributed by atoms with E-state index in [1.54, 1.807) is 0 Å². The van der Waals surface area contributed by atoms with E-state index < -0.39 is 9.84 Å². The molecule has 2 rings (SSSR count). The minimum Gasteiger partial charge on any atom is -0.370 e. The monoisotopic (exact) mass is 310 g/mol. The average Bonchev–Trinajstić information content (AvgIpc) is 2.44. The predicted octanol–water partition coefficient (Wildman–Crippen LogP) is 1.99. The van der Waals surface area contributed by atoms with Crippen molar-refractivity contribution in [3.8, 4) is 0 Å². The first-order chi connectivity index (χ1) is 10.0. The number of rotatable bonds is 6. The van der Waals surface area contributed by atoms with Crippen LogP contribution >= 0.6 is 0 Å². The number of likely N-dealkylation sites (N-methyl/N-ethyl adjacent to an activating group) is 1. The maximum atomic E-state index is 11.6. The zero-order valence-electron chi connectivity index (χ0n) is 13.0. The lowest BCUT2D eigenvalue weighted by atomic mass is 10.1. The van der Waals surface area contributed by atoms with Crippen molar-refractivity contribution in [2.45, 2.75) is 32.7 Å². The lowest BCUT2D eigenvalue weighted by molar-refractivity contribution is 0.482. The molecule has 1 heterocycles. The highest BCUT2D eigenvalue weighted by molar-refractivity contribution is 7.91. The third-order valence-electron chi connectivity index (χ3n) is 4.12. The van der Waals surface area contributed by atoms with Gasteiger partial charge in [-0.25, -0.2) is 8.42 Å². The molecule has 0 amide bonds. The topological polar surface area (TPSA) is 49.4 Å². The van der Waals surface area contributed by atoms with Crippen LogP contribution in [0.1, 0.15) is 25.3 Å². The predicted molar refractivity (Wildman–Crippen MR) is 88.7 cm³/mol. The minimum absolute atomic E-state index is 0.124. The molecule has 1 atom stereocenters. The normalized spacial score (nSPS) is 21.1. The molecule has 5 heteroatoms. The Labute approximate surface area is 128 Å². The molecule has 1 aromatic carbocycles. The molecule has 1 aliphatic rings. The summed E-state index contributed by atoms with van der Waals surface area (Å²) in [6.07, 6.45) is 1.75. The molecule has 0 aliphatic carbocycles. The molecule has 1 aromatic rings. The Bertz CT molecular complexity index is 557. The van der Waals surface area contributed by atoms with Crippen molar-refractivity contribution in [1.29, 1.82) is 0 Å². The van der Waals surface area contributed by atoms with Crippen LogP contribution in [0, 0.1) is 6.92 Å². The van der Waals surface area contributed by atoms with Crippen molar-refractivity contribution >= 4 is 15.5 Å². The first kappa shape index (κ1) is 16.3. The molecule has 1 fully saturated rings. The summed E-state index contributed by atoms with van der Waals surface area (Å²) in [7, 11) is -2.82. The summed E-state index contributed by atoms with van der Waals surface area (Å²) >= 11 is 0. The number of hydrogen-bond donors (Lipinski definition) is 1. The summed E-state index contributed by atoms with van der Waals surface area (Å²) < 4.78 is 23.3. The van der Waals surface area contributed by atoms with Gasteiger partial charge in [-0.3, -0.25) is 0 Å². The SMILES string of the molecule is CCN(CCN[C@H]1CCCS(=O)(=O)C1)c1ccccc1C. The van der Waals surface area contributed by atoms with Crippen molar-refractivity contribution in [3.05, 3.63) is 29.8 Å². The molecule has 1 saturated heterocycles. The van der Waals surface area contributed by atoms with Gasteiger partial charge >= 0.3 is 0 Å². The molecular weight excluding hydrogens is 284 g/mol. The number of nitrogens with zero attached hydrogens (tertiary/aromatic N) is 1. The number of nitrogens with one attached hydrogen (secondary N) is 1. The zero-order valence-corrected chi connectivity index (χ0v) is 13.8. The third-order valence-corrected chi connectivity index (χ3v) is 5.94. The molecule has 0 bridgehead atoms. The Balaban J connectivity index is 1.85. The molecule has 4 nitrogen and oxygen atoms in total. The van der Waals surface area contributed by atoms with E-state index in [2.05, 4.69) is 48.3 Å². The molecule has 118 valence electrons. The molecule has 0 aromatic heterocycles. The molecule has 0 saturated carbocycles. The van der Waals surface area contributed by atoms with Crippen LogP contribution in [0.25, 0.3) is 0 Å². The van der Waals surface area contributed by atoms with Gasteiger partial charge in [0, 0.05) is 31.4 Å². The quantitative estimate of drug-likeness (QED) is 0.873. The standard InChI is InChI=1S/C16H26N2O2S/c1-3-18(16-9-5-4-7-14(16)2)11-10-17-15-8-6-12-21(19,20)13-15/h4-5,7,9,15,17H,3,6,8,10-13H2,1-2H3/t15-/m0/s1. The first-order valence-electron chi connectivity index (χ1n) is 7.76. The van der Waals surface area contributed by atoms with Crippen molar-refractivity contribution in [2.75, 3.05) is 36.0 Å². The number of sulfone groups is 1. The summed E-state index contributed by atoms with van der Waals surface area (Å²) in [5.41, 5.74) is 2.54. The van der Waals surface area contributed by atoms with Crippen molar-refractivity contribution < 1.29 is 8.42 Å². The average molecular weight is 310 g/mol. The Hall–Kier alpha value is -1.07. The van der Waals surface area contributed by atoms with Crippen LogP contribution in [-0.4, -0.2) is 45.6 Å². The Morgan fingerprint density at radius 1 is 1.33 bits per heavy atom. The van der Waals surface area contributed by atoms with Crippen molar-refractivity contribution in [2.24, 2.45) is 0 Å². The fourth-order valence-corrected chi connectivity index (χ4v) is 4.63. The number of para-hydroxylation sites is 1. The number of anilines is 1. The van der Waals surface area contributed by atoms with Crippen LogP contribution in [0.5, 0.6) is 0 Å². The van der Waals surface area contributed by atoms with E-state index in [0.717, 1.165) is 32.5 Å². The van der Waals surface area contributed by atoms with Crippen molar-refractivity contribution in [1.82, 2.24) is 5.32 Å². The number of benzene rings is 1. The summed E-state index contributed by atoms with van der Waals surface area (Å²) in [6.45, 7) is 6.95. The van der Waals surface area contributed by atoms with Gasteiger partial charge in [-0.2, -0.15) is 0 Å². The van der Waals surface area contributed by atoms with E-state index in [9.17, 15) is 8.42 Å². The molecule has 1 N–H and O–H groups in total. The fraction of sp³-hybridized carbons (Fsp3) is 0.625. The van der Waals surface area contributed by atoms with Gasteiger partial charge in [0.2, 0.25) is 0 Å². The lowest BCUT2D eigenvalue weighted by Gasteiger charge is -2.28. The highest BCUT2D eigenvalue weighted by Crippen LogP contribution is 2.18. The Morgan fingerprint density at radius 2 is 2.10 bits per heavy atom. The Kier molecular flexibility index (Phi) is 5.65. The molecule has 0 unspecified atom stereocenters. The molecule has 21 heavy (non-hydrogen) atoms. The van der Waals surface area contributed by atoms with E-state index in [-0.39, 0.29) is 6.04 Å². The van der Waals surface area contributed by atoms with Crippen LogP contribution < -0.4 is 10.2 Å². The van der Waals surface area contributed by atoms with Crippen LogP contribution in [0.3, 0.4) is 0 Å². The van der Waals surface area contributed by atoms with Gasteiger partial charge in [-0.15, -0.1) is 0 Å². The summed E-state index contributed by atoms with van der Waals surface area (Å²) in [4.78, 5) is 2.33.